The largest absolute Gasteiger partial charge is 0.416 e. The van der Waals surface area contributed by atoms with Crippen LogP contribution in [-0.2, 0) is 17.5 Å². The summed E-state index contributed by atoms with van der Waals surface area (Å²) >= 11 is 0. The van der Waals surface area contributed by atoms with Gasteiger partial charge >= 0.3 is 6.18 Å². The standard InChI is InChI=1S/C31H31F4N3O/c1-2-36-15-17-37(18-16-36)30(39)19-27(23-9-11-24(12-10-23)31(33,34)35)28-21-38(29-6-4-3-5-26(28)29)20-22-7-13-25(32)14-8-22/h3-14,21,27H,2,15-20H2,1H3. The van der Waals surface area contributed by atoms with Gasteiger partial charge in [-0.25, -0.2) is 4.39 Å². The Morgan fingerprint density at radius 1 is 0.897 bits per heavy atom. The number of halogens is 4. The van der Waals surface area contributed by atoms with Crippen LogP contribution in [0.15, 0.2) is 79.0 Å². The second-order valence-corrected chi connectivity index (χ2v) is 10.0. The Labute approximate surface area is 225 Å². The van der Waals surface area contributed by atoms with Crippen molar-refractivity contribution in [2.75, 3.05) is 32.7 Å². The quantitative estimate of drug-likeness (QED) is 0.251. The second kappa shape index (κ2) is 11.2. The molecule has 0 bridgehead atoms. The Kier molecular flexibility index (Phi) is 7.75. The molecule has 1 fully saturated rings. The summed E-state index contributed by atoms with van der Waals surface area (Å²) in [5.74, 6) is -0.744. The fourth-order valence-electron chi connectivity index (χ4n) is 5.40. The molecule has 1 saturated heterocycles. The number of amides is 1. The van der Waals surface area contributed by atoms with E-state index in [4.69, 9.17) is 0 Å². The molecule has 4 nitrogen and oxygen atoms in total. The Morgan fingerprint density at radius 2 is 1.56 bits per heavy atom. The number of alkyl halides is 3. The number of nitrogens with zero attached hydrogens (tertiary/aromatic N) is 3. The van der Waals surface area contributed by atoms with Crippen LogP contribution in [0.1, 0.15) is 41.5 Å². The summed E-state index contributed by atoms with van der Waals surface area (Å²) in [5.41, 5.74) is 2.68. The molecule has 0 N–H and O–H groups in total. The number of carbonyl (C=O) groups excluding carboxylic acids is 1. The highest BCUT2D eigenvalue weighted by atomic mass is 19.4. The van der Waals surface area contributed by atoms with Gasteiger partial charge in [-0.15, -0.1) is 0 Å². The number of hydrogen-bond acceptors (Lipinski definition) is 2. The fourth-order valence-corrected chi connectivity index (χ4v) is 5.40. The first-order valence-electron chi connectivity index (χ1n) is 13.2. The molecule has 2 heterocycles. The van der Waals surface area contributed by atoms with Crippen LogP contribution < -0.4 is 0 Å². The summed E-state index contributed by atoms with van der Waals surface area (Å²) in [6.07, 6.45) is -2.30. The molecule has 1 unspecified atom stereocenters. The van der Waals surface area contributed by atoms with Crippen LogP contribution in [0.5, 0.6) is 0 Å². The van der Waals surface area contributed by atoms with Gasteiger partial charge < -0.3 is 14.4 Å². The summed E-state index contributed by atoms with van der Waals surface area (Å²) in [5, 5.41) is 0.938. The summed E-state index contributed by atoms with van der Waals surface area (Å²) in [6.45, 7) is 6.42. The van der Waals surface area contributed by atoms with Crippen molar-refractivity contribution in [2.24, 2.45) is 0 Å². The van der Waals surface area contributed by atoms with E-state index in [1.54, 1.807) is 12.1 Å². The number of carbonyl (C=O) groups is 1. The number of benzene rings is 3. The van der Waals surface area contributed by atoms with Crippen molar-refractivity contribution in [1.29, 1.82) is 0 Å². The molecule has 1 aromatic heterocycles. The second-order valence-electron chi connectivity index (χ2n) is 10.0. The van der Waals surface area contributed by atoms with Gasteiger partial charge in [0, 0.05) is 62.2 Å². The molecular weight excluding hydrogens is 506 g/mol. The van der Waals surface area contributed by atoms with E-state index in [-0.39, 0.29) is 18.1 Å². The molecular formula is C31H31F4N3O. The van der Waals surface area contributed by atoms with E-state index in [1.807, 2.05) is 35.4 Å². The monoisotopic (exact) mass is 537 g/mol. The zero-order chi connectivity index (χ0) is 27.6. The van der Waals surface area contributed by atoms with Gasteiger partial charge in [0.15, 0.2) is 0 Å². The van der Waals surface area contributed by atoms with Gasteiger partial charge in [-0.1, -0.05) is 49.4 Å². The normalized spacial score (nSPS) is 15.6. The van der Waals surface area contributed by atoms with Crippen LogP contribution in [-0.4, -0.2) is 53.0 Å². The van der Waals surface area contributed by atoms with Crippen molar-refractivity contribution in [1.82, 2.24) is 14.4 Å². The van der Waals surface area contributed by atoms with Crippen LogP contribution in [0.2, 0.25) is 0 Å². The molecule has 1 amide bonds. The maximum Gasteiger partial charge on any atom is 0.416 e. The van der Waals surface area contributed by atoms with E-state index in [1.165, 1.54) is 24.3 Å². The van der Waals surface area contributed by atoms with Gasteiger partial charge in [-0.05, 0) is 53.6 Å². The third kappa shape index (κ3) is 6.01. The van der Waals surface area contributed by atoms with Crippen molar-refractivity contribution in [2.45, 2.75) is 32.0 Å². The smallest absolute Gasteiger partial charge is 0.343 e. The first-order chi connectivity index (χ1) is 18.7. The third-order valence-electron chi connectivity index (χ3n) is 7.65. The highest BCUT2D eigenvalue weighted by Gasteiger charge is 2.31. The molecule has 4 aromatic rings. The lowest BCUT2D eigenvalue weighted by molar-refractivity contribution is -0.137. The lowest BCUT2D eigenvalue weighted by atomic mass is 9.87. The molecule has 0 radical (unpaired) electrons. The lowest BCUT2D eigenvalue weighted by Gasteiger charge is -2.35. The zero-order valence-corrected chi connectivity index (χ0v) is 21.8. The summed E-state index contributed by atoms with van der Waals surface area (Å²) in [4.78, 5) is 17.7. The average molecular weight is 538 g/mol. The van der Waals surface area contributed by atoms with Crippen LogP contribution in [0.4, 0.5) is 17.6 Å². The highest BCUT2D eigenvalue weighted by Crippen LogP contribution is 2.37. The number of likely N-dealkylation sites (N-methyl/N-ethyl adjacent to an activating group) is 1. The van der Waals surface area contributed by atoms with E-state index in [9.17, 15) is 22.4 Å². The molecule has 204 valence electrons. The number of aromatic nitrogens is 1. The Balaban J connectivity index is 1.52. The molecule has 0 aliphatic carbocycles. The van der Waals surface area contributed by atoms with Crippen LogP contribution >= 0.6 is 0 Å². The molecule has 1 atom stereocenters. The van der Waals surface area contributed by atoms with Gasteiger partial charge in [0.2, 0.25) is 5.91 Å². The predicted octanol–water partition coefficient (Wildman–Crippen LogP) is 6.53. The van der Waals surface area contributed by atoms with Gasteiger partial charge in [0.1, 0.15) is 5.82 Å². The van der Waals surface area contributed by atoms with Crippen molar-refractivity contribution < 1.29 is 22.4 Å². The fraction of sp³-hybridized carbons (Fsp3) is 0.323. The number of rotatable bonds is 7. The highest BCUT2D eigenvalue weighted by molar-refractivity contribution is 5.87. The van der Waals surface area contributed by atoms with E-state index >= 15 is 0 Å². The molecule has 39 heavy (non-hydrogen) atoms. The van der Waals surface area contributed by atoms with Crippen LogP contribution in [0, 0.1) is 5.82 Å². The maximum atomic E-state index is 13.5. The minimum absolute atomic E-state index is 0.00832. The lowest BCUT2D eigenvalue weighted by Crippen LogP contribution is -2.48. The summed E-state index contributed by atoms with van der Waals surface area (Å²) < 4.78 is 55.5. The molecule has 8 heteroatoms. The maximum absolute atomic E-state index is 13.5. The third-order valence-corrected chi connectivity index (χ3v) is 7.65. The van der Waals surface area contributed by atoms with Crippen molar-refractivity contribution in [3.05, 3.63) is 107 Å². The number of para-hydroxylation sites is 1. The van der Waals surface area contributed by atoms with Gasteiger partial charge in [-0.2, -0.15) is 13.2 Å². The summed E-state index contributed by atoms with van der Waals surface area (Å²) in [7, 11) is 0. The van der Waals surface area contributed by atoms with Crippen molar-refractivity contribution in [3.63, 3.8) is 0 Å². The van der Waals surface area contributed by atoms with Gasteiger partial charge in [0.05, 0.1) is 5.56 Å². The molecule has 3 aromatic carbocycles. The van der Waals surface area contributed by atoms with Gasteiger partial charge in [-0.3, -0.25) is 4.79 Å². The Hall–Kier alpha value is -3.65. The van der Waals surface area contributed by atoms with E-state index in [0.717, 1.165) is 53.8 Å². The van der Waals surface area contributed by atoms with Gasteiger partial charge in [0.25, 0.3) is 0 Å². The summed E-state index contributed by atoms with van der Waals surface area (Å²) in [6, 6.07) is 19.3. The molecule has 1 aliphatic rings. The minimum Gasteiger partial charge on any atom is -0.343 e. The van der Waals surface area contributed by atoms with Crippen molar-refractivity contribution >= 4 is 16.8 Å². The molecule has 0 spiro atoms. The SMILES string of the molecule is CCN1CCN(C(=O)CC(c2ccc(C(F)(F)F)cc2)c2cn(Cc3ccc(F)cc3)c3ccccc23)CC1. The van der Waals surface area contributed by atoms with Crippen LogP contribution in [0.3, 0.4) is 0 Å². The molecule has 1 aliphatic heterocycles. The van der Waals surface area contributed by atoms with E-state index in [0.29, 0.717) is 25.2 Å². The van der Waals surface area contributed by atoms with Crippen LogP contribution in [0.25, 0.3) is 10.9 Å². The zero-order valence-electron chi connectivity index (χ0n) is 21.8. The average Bonchev–Trinajstić information content (AvgIpc) is 3.30. The first kappa shape index (κ1) is 26.9. The Bertz CT molecular complexity index is 1420. The van der Waals surface area contributed by atoms with E-state index in [2.05, 4.69) is 16.4 Å². The molecule has 5 rings (SSSR count). The number of piperazine rings is 1. The number of hydrogen-bond donors (Lipinski definition) is 0. The molecule has 0 saturated carbocycles. The van der Waals surface area contributed by atoms with Crippen molar-refractivity contribution in [3.8, 4) is 0 Å². The van der Waals surface area contributed by atoms with E-state index < -0.39 is 17.7 Å². The number of fused-ring (bicyclic) bond motifs is 1. The first-order valence-corrected chi connectivity index (χ1v) is 13.2. The Morgan fingerprint density at radius 3 is 2.21 bits per heavy atom. The predicted molar refractivity (Wildman–Crippen MR) is 144 cm³/mol. The topological polar surface area (TPSA) is 28.5 Å². The minimum atomic E-state index is -4.44.